The van der Waals surface area contributed by atoms with E-state index in [4.69, 9.17) is 76.7 Å². The summed E-state index contributed by atoms with van der Waals surface area (Å²) >= 11 is 0. The first kappa shape index (κ1) is 70.8. The third-order valence-electron chi connectivity index (χ3n) is 11.3. The second kappa shape index (κ2) is 40.0. The van der Waals surface area contributed by atoms with E-state index in [0.29, 0.717) is 32.8 Å². The van der Waals surface area contributed by atoms with E-state index >= 15 is 0 Å². The maximum absolute atomic E-state index is 13.4. The van der Waals surface area contributed by atoms with E-state index in [0.717, 1.165) is 26.0 Å². The Morgan fingerprint density at radius 1 is 0.622 bits per heavy atom. The van der Waals surface area contributed by atoms with Crippen LogP contribution in [0.25, 0.3) is 0 Å². The van der Waals surface area contributed by atoms with Gasteiger partial charge >= 0.3 is 24.1 Å². The van der Waals surface area contributed by atoms with Gasteiger partial charge in [0, 0.05) is 40.0 Å². The number of ether oxygens (including phenoxy) is 10. The molecule has 0 unspecified atom stereocenters. The lowest BCUT2D eigenvalue weighted by molar-refractivity contribution is -0.147. The van der Waals surface area contributed by atoms with Crippen LogP contribution in [0.2, 0.25) is 0 Å². The molecule has 34 nitrogen and oxygen atoms in total. The minimum absolute atomic E-state index is 0.00776. The molecule has 2 rings (SSSR count). The van der Waals surface area contributed by atoms with Gasteiger partial charge in [0.2, 0.25) is 29.2 Å². The number of alkyl carbamates (subject to hydrolysis) is 2. The van der Waals surface area contributed by atoms with Crippen molar-refractivity contribution >= 4 is 53.8 Å². The zero-order chi connectivity index (χ0) is 61.0. The predicted octanol–water partition coefficient (Wildman–Crippen LogP) is -6.36. The van der Waals surface area contributed by atoms with Gasteiger partial charge in [-0.15, -0.1) is 6.42 Å². The number of nitrogens with zero attached hydrogens (tertiary/aromatic N) is 3. The summed E-state index contributed by atoms with van der Waals surface area (Å²) in [6, 6.07) is -5.08. The Kier molecular flexibility index (Phi) is 34.5. The first-order valence-electron chi connectivity index (χ1n) is 25.7. The molecule has 0 saturated carbocycles. The molecule has 10 atom stereocenters. The normalized spacial score (nSPS) is 19.7. The Hall–Kier alpha value is -7.33. The summed E-state index contributed by atoms with van der Waals surface area (Å²) in [5, 5.41) is 70.2. The molecule has 18 N–H and O–H groups in total. The molecular formula is C48H79N11O23. The van der Waals surface area contributed by atoms with Gasteiger partial charge < -0.3 is 127 Å². The maximum atomic E-state index is 13.4. The van der Waals surface area contributed by atoms with E-state index in [1.165, 1.54) is 4.90 Å². The van der Waals surface area contributed by atoms with E-state index in [1.807, 2.05) is 0 Å². The fraction of sp³-hybridized carbons (Fsp3) is 0.688. The van der Waals surface area contributed by atoms with Gasteiger partial charge in [-0.05, 0) is 25.0 Å². The van der Waals surface area contributed by atoms with Gasteiger partial charge in [0.1, 0.15) is 18.8 Å². The number of aliphatic hydroxyl groups excluding tert-OH is 4. The van der Waals surface area contributed by atoms with Gasteiger partial charge in [0.15, 0.2) is 36.3 Å². The number of unbranched alkanes of at least 4 members (excludes halogenated alkanes) is 1. The molecule has 0 bridgehead atoms. The molecule has 0 aliphatic carbocycles. The van der Waals surface area contributed by atoms with Crippen LogP contribution in [0.3, 0.4) is 0 Å². The van der Waals surface area contributed by atoms with E-state index in [1.54, 1.807) is 0 Å². The highest BCUT2D eigenvalue weighted by molar-refractivity contribution is 5.86. The number of nitrogens with two attached hydrogens (primary N) is 4. The minimum atomic E-state index is -1.84. The lowest BCUT2D eigenvalue weighted by Gasteiger charge is -2.39. The average Bonchev–Trinajstić information content (AvgIpc) is 3.63. The van der Waals surface area contributed by atoms with Gasteiger partial charge in [-0.3, -0.25) is 14.4 Å². The first-order chi connectivity index (χ1) is 39.1. The van der Waals surface area contributed by atoms with Crippen LogP contribution in [0, 0.1) is 12.3 Å². The average molecular weight is 1180 g/mol. The van der Waals surface area contributed by atoms with Crippen LogP contribution in [0.15, 0.2) is 33.7 Å². The molecule has 0 aromatic heterocycles. The van der Waals surface area contributed by atoms with Crippen molar-refractivity contribution in [1.29, 1.82) is 0 Å². The van der Waals surface area contributed by atoms with Crippen LogP contribution >= 0.6 is 0 Å². The summed E-state index contributed by atoms with van der Waals surface area (Å²) in [5.74, 6) is -4.69. The summed E-state index contributed by atoms with van der Waals surface area (Å²) in [7, 11) is 0. The summed E-state index contributed by atoms with van der Waals surface area (Å²) in [6.07, 6.45) is -4.96. The van der Waals surface area contributed by atoms with Crippen LogP contribution in [0.4, 0.5) is 9.59 Å². The van der Waals surface area contributed by atoms with E-state index in [2.05, 4.69) is 37.2 Å². The van der Waals surface area contributed by atoms with E-state index in [9.17, 15) is 64.2 Å². The van der Waals surface area contributed by atoms with Crippen molar-refractivity contribution in [3.8, 4) is 12.3 Å². The van der Waals surface area contributed by atoms with E-state index in [-0.39, 0.29) is 97.8 Å². The lowest BCUT2D eigenvalue weighted by Crippen LogP contribution is -2.61. The predicted molar refractivity (Wildman–Crippen MR) is 282 cm³/mol. The van der Waals surface area contributed by atoms with Crippen molar-refractivity contribution in [1.82, 2.24) is 26.2 Å². The summed E-state index contributed by atoms with van der Waals surface area (Å²) in [5.41, 5.74) is 22.1. The number of hydrogen-bond donors (Lipinski definition) is 14. The molecule has 2 aliphatic heterocycles. The number of aliphatic carboxylic acids is 2. The van der Waals surface area contributed by atoms with Gasteiger partial charge in [-0.1, -0.05) is 5.92 Å². The Balaban J connectivity index is 1.98. The molecular weight excluding hydrogens is 1100 g/mol. The van der Waals surface area contributed by atoms with Crippen LogP contribution in [-0.4, -0.2) is 269 Å². The molecule has 2 aliphatic rings. The van der Waals surface area contributed by atoms with E-state index < -0.39 is 133 Å². The summed E-state index contributed by atoms with van der Waals surface area (Å²) in [4.78, 5) is 96.9. The van der Waals surface area contributed by atoms with Crippen molar-refractivity contribution in [3.05, 3.63) is 23.7 Å². The topological polar surface area (TPSA) is 513 Å². The number of aliphatic hydroxyl groups is 4. The number of carboxylic acids is 2. The smallest absolute Gasteiger partial charge is 0.407 e. The SMILES string of the molecule is C#CCOCCOCCOCCOCCC(=O)N(CCCCNC(=O)O[C@@H]([C@@H]1OC(C(=O)O)=C[C@H](N=C(N)N)[C@H]1NC(C)=O)[C@H](O)CO)CCOCCOCCNC(=O)O[C@@H]([C@@H]1OC(C(=O)O)=C[C@H](N=C(N)N)[C@H]1NC(C)=O)[C@H](O)CO. The molecule has 82 heavy (non-hydrogen) atoms. The number of carbonyl (C=O) groups is 7. The summed E-state index contributed by atoms with van der Waals surface area (Å²) < 4.78 is 54.6. The highest BCUT2D eigenvalue weighted by atomic mass is 16.6. The number of hydrogen-bond acceptors (Lipinski definition) is 23. The zero-order valence-corrected chi connectivity index (χ0v) is 45.6. The number of carbonyl (C=O) groups excluding carboxylic acids is 5. The third kappa shape index (κ3) is 27.9. The Morgan fingerprint density at radius 2 is 1.04 bits per heavy atom. The van der Waals surface area contributed by atoms with Crippen LogP contribution in [0.1, 0.15) is 33.1 Å². The monoisotopic (exact) mass is 1180 g/mol. The Labute approximate surface area is 472 Å². The highest BCUT2D eigenvalue weighted by Crippen LogP contribution is 2.28. The van der Waals surface area contributed by atoms with Crippen LogP contribution < -0.4 is 44.2 Å². The fourth-order valence-electron chi connectivity index (χ4n) is 7.67. The molecule has 5 amide bonds. The molecule has 0 aromatic rings. The Morgan fingerprint density at radius 3 is 1.45 bits per heavy atom. The van der Waals surface area contributed by atoms with Gasteiger partial charge in [-0.25, -0.2) is 29.2 Å². The van der Waals surface area contributed by atoms with Gasteiger partial charge in [-0.2, -0.15) is 0 Å². The first-order valence-corrected chi connectivity index (χ1v) is 25.7. The molecule has 2 heterocycles. The molecule has 0 spiro atoms. The number of terminal acetylenes is 1. The Bertz CT molecular complexity index is 2180. The number of nitrogens with one attached hydrogen (secondary N) is 4. The molecule has 34 heteroatoms. The minimum Gasteiger partial charge on any atom is -0.477 e. The maximum Gasteiger partial charge on any atom is 0.407 e. The van der Waals surface area contributed by atoms with Gasteiger partial charge in [0.25, 0.3) is 0 Å². The van der Waals surface area contributed by atoms with Crippen molar-refractivity contribution in [3.63, 3.8) is 0 Å². The fourth-order valence-corrected chi connectivity index (χ4v) is 7.67. The third-order valence-corrected chi connectivity index (χ3v) is 11.3. The van der Waals surface area contributed by atoms with Crippen LogP contribution in [0.5, 0.6) is 0 Å². The van der Waals surface area contributed by atoms with Crippen molar-refractivity contribution in [2.75, 3.05) is 119 Å². The molecule has 0 saturated heterocycles. The largest absolute Gasteiger partial charge is 0.477 e. The van der Waals surface area contributed by atoms with Gasteiger partial charge in [0.05, 0.1) is 116 Å². The number of amides is 5. The quantitative estimate of drug-likeness (QED) is 0.0117. The number of carboxylic acid groups (broad SMARTS) is 2. The zero-order valence-electron chi connectivity index (χ0n) is 45.6. The second-order valence-corrected chi connectivity index (χ2v) is 17.6. The van der Waals surface area contributed by atoms with Crippen molar-refractivity contribution in [2.24, 2.45) is 32.9 Å². The number of rotatable bonds is 41. The molecule has 0 aromatic carbocycles. The summed E-state index contributed by atoms with van der Waals surface area (Å²) in [6.45, 7) is 2.53. The second-order valence-electron chi connectivity index (χ2n) is 17.6. The molecule has 0 radical (unpaired) electrons. The van der Waals surface area contributed by atoms with Crippen molar-refractivity contribution < 1.29 is 112 Å². The number of guanidine groups is 2. The standard InChI is InChI=1S/C48H79N11O23/c1-4-12-73-16-20-77-22-23-78-21-17-74-13-7-36(66)59(10-6-5-8-53-47(71)81-39(32(64)26-60)41-37(55-28(2)62)30(57-45(49)50)24-34(79-41)43(67)68)11-15-76-19-18-75-14-9-54-48(72)82-40(33(65)27-61)42-38(56-29(3)63)31(58-46(51)52)25-35(80-42)44(69)70/h1,24-25,30-33,37-42,60-61,64-65H,5-23,26-27H2,2-3H3,(H,53,71)(H,54,72)(H,55,62)(H,56,63)(H,67,68)(H,69,70)(H4,49,50,57)(H4,51,52,58)/t30-,31-,32+,33+,37+,38+,39+,40+,41+,42+/m0/s1. The highest BCUT2D eigenvalue weighted by Gasteiger charge is 2.48. The van der Waals surface area contributed by atoms with Crippen LogP contribution in [-0.2, 0) is 71.3 Å². The van der Waals surface area contributed by atoms with Crippen molar-refractivity contribution in [2.45, 2.75) is 93.9 Å². The lowest BCUT2D eigenvalue weighted by atomic mass is 9.92. The number of aliphatic imine (C=N–C) groups is 2. The molecule has 464 valence electrons. The molecule has 0 fully saturated rings.